The predicted octanol–water partition coefficient (Wildman–Crippen LogP) is 3.33. The van der Waals surface area contributed by atoms with Crippen LogP contribution in [0, 0.1) is 0 Å². The van der Waals surface area contributed by atoms with E-state index in [1.165, 1.54) is 17.1 Å². The molecule has 1 amide bonds. The van der Waals surface area contributed by atoms with Crippen molar-refractivity contribution in [2.75, 3.05) is 13.1 Å². The van der Waals surface area contributed by atoms with Gasteiger partial charge in [0.05, 0.1) is 6.42 Å². The third-order valence-corrected chi connectivity index (χ3v) is 3.34. The maximum absolute atomic E-state index is 11.9. The fraction of sp³-hybridized carbons (Fsp3) is 0.286. The van der Waals surface area contributed by atoms with Gasteiger partial charge in [0.25, 0.3) is 0 Å². The zero-order valence-corrected chi connectivity index (χ0v) is 12.5. The molecule has 0 spiro atoms. The summed E-state index contributed by atoms with van der Waals surface area (Å²) < 4.78 is 0. The quantitative estimate of drug-likeness (QED) is 0.819. The van der Waals surface area contributed by atoms with Crippen molar-refractivity contribution in [1.29, 1.82) is 0 Å². The number of carboxylic acid groups (broad SMARTS) is 1. The maximum atomic E-state index is 11.9. The van der Waals surface area contributed by atoms with Gasteiger partial charge < -0.3 is 10.0 Å². The number of carbonyl (C=O) groups excluding carboxylic acids is 1. The van der Waals surface area contributed by atoms with E-state index >= 15 is 0 Å². The Kier molecular flexibility index (Phi) is 6.55. The van der Waals surface area contributed by atoms with E-state index in [2.05, 4.69) is 0 Å². The Labute approximate surface area is 127 Å². The highest BCUT2D eigenvalue weighted by molar-refractivity contribution is 6.37. The van der Waals surface area contributed by atoms with Gasteiger partial charge in [0.2, 0.25) is 5.91 Å². The minimum Gasteiger partial charge on any atom is -0.481 e. The van der Waals surface area contributed by atoms with E-state index in [9.17, 15) is 9.59 Å². The molecule has 0 bridgehead atoms. The molecule has 0 unspecified atom stereocenters. The number of likely N-dealkylation sites (N-methyl/N-ethyl adjacent to an activating group) is 1. The van der Waals surface area contributed by atoms with Crippen LogP contribution in [-0.4, -0.2) is 35.0 Å². The number of nitrogens with zero attached hydrogens (tertiary/aromatic N) is 1. The highest BCUT2D eigenvalue weighted by Gasteiger charge is 2.10. The molecular formula is C14H15Cl2NO3. The Morgan fingerprint density at radius 2 is 1.90 bits per heavy atom. The van der Waals surface area contributed by atoms with Crippen molar-refractivity contribution in [3.05, 3.63) is 39.9 Å². The third-order valence-electron chi connectivity index (χ3n) is 2.68. The number of rotatable bonds is 6. The molecule has 0 saturated heterocycles. The molecule has 20 heavy (non-hydrogen) atoms. The molecule has 108 valence electrons. The van der Waals surface area contributed by atoms with Crippen molar-refractivity contribution < 1.29 is 14.7 Å². The molecule has 6 heteroatoms. The molecule has 1 N–H and O–H groups in total. The SMILES string of the molecule is CCN(CCC(=O)O)C(=O)/C=C/c1c(Cl)cccc1Cl. The molecule has 0 atom stereocenters. The summed E-state index contributed by atoms with van der Waals surface area (Å²) in [7, 11) is 0. The average Bonchev–Trinajstić information content (AvgIpc) is 2.38. The van der Waals surface area contributed by atoms with E-state index in [0.717, 1.165) is 0 Å². The molecule has 0 heterocycles. The van der Waals surface area contributed by atoms with Crippen molar-refractivity contribution in [1.82, 2.24) is 4.90 Å². The number of amides is 1. The summed E-state index contributed by atoms with van der Waals surface area (Å²) in [6.45, 7) is 2.40. The van der Waals surface area contributed by atoms with Crippen molar-refractivity contribution in [2.24, 2.45) is 0 Å². The van der Waals surface area contributed by atoms with E-state index in [1.54, 1.807) is 25.1 Å². The molecule has 0 aliphatic heterocycles. The normalized spacial score (nSPS) is 10.8. The first-order chi connectivity index (χ1) is 9.45. The monoisotopic (exact) mass is 315 g/mol. The Morgan fingerprint density at radius 3 is 2.40 bits per heavy atom. The number of carboxylic acids is 1. The smallest absolute Gasteiger partial charge is 0.305 e. The van der Waals surface area contributed by atoms with Gasteiger partial charge in [-0.05, 0) is 25.1 Å². The van der Waals surface area contributed by atoms with Gasteiger partial charge in [0, 0.05) is 34.8 Å². The van der Waals surface area contributed by atoms with Gasteiger partial charge in [-0.3, -0.25) is 9.59 Å². The average molecular weight is 316 g/mol. The van der Waals surface area contributed by atoms with Crippen LogP contribution in [0.15, 0.2) is 24.3 Å². The minimum atomic E-state index is -0.936. The summed E-state index contributed by atoms with van der Waals surface area (Å²) in [6.07, 6.45) is 2.80. The lowest BCUT2D eigenvalue weighted by molar-refractivity contribution is -0.137. The zero-order chi connectivity index (χ0) is 15.1. The molecule has 0 radical (unpaired) electrons. The Hall–Kier alpha value is -1.52. The molecule has 1 aromatic rings. The first-order valence-corrected chi connectivity index (χ1v) is 6.84. The van der Waals surface area contributed by atoms with Gasteiger partial charge in [-0.2, -0.15) is 0 Å². The van der Waals surface area contributed by atoms with Crippen molar-refractivity contribution in [2.45, 2.75) is 13.3 Å². The van der Waals surface area contributed by atoms with Crippen LogP contribution in [0.25, 0.3) is 6.08 Å². The lowest BCUT2D eigenvalue weighted by Crippen LogP contribution is -2.31. The minimum absolute atomic E-state index is 0.0831. The fourth-order valence-corrected chi connectivity index (χ4v) is 2.11. The number of carbonyl (C=O) groups is 2. The second-order valence-corrected chi connectivity index (χ2v) is 4.84. The van der Waals surface area contributed by atoms with Crippen molar-refractivity contribution >= 4 is 41.2 Å². The van der Waals surface area contributed by atoms with E-state index in [0.29, 0.717) is 22.2 Å². The van der Waals surface area contributed by atoms with E-state index in [-0.39, 0.29) is 18.9 Å². The molecule has 0 aromatic heterocycles. The van der Waals surface area contributed by atoms with E-state index in [4.69, 9.17) is 28.3 Å². The lowest BCUT2D eigenvalue weighted by atomic mass is 10.2. The summed E-state index contributed by atoms with van der Waals surface area (Å²) in [5.74, 6) is -1.21. The molecular weight excluding hydrogens is 301 g/mol. The van der Waals surface area contributed by atoms with Crippen molar-refractivity contribution in [3.8, 4) is 0 Å². The summed E-state index contributed by atoms with van der Waals surface area (Å²) in [4.78, 5) is 23.9. The number of benzene rings is 1. The summed E-state index contributed by atoms with van der Waals surface area (Å²) >= 11 is 12.0. The van der Waals surface area contributed by atoms with Gasteiger partial charge in [-0.15, -0.1) is 0 Å². The Bertz CT molecular complexity index is 509. The second-order valence-electron chi connectivity index (χ2n) is 4.03. The van der Waals surface area contributed by atoms with Gasteiger partial charge in [-0.1, -0.05) is 29.3 Å². The van der Waals surface area contributed by atoms with Crippen LogP contribution in [0.3, 0.4) is 0 Å². The molecule has 0 fully saturated rings. The second kappa shape index (κ2) is 7.92. The highest BCUT2D eigenvalue weighted by Crippen LogP contribution is 2.25. The van der Waals surface area contributed by atoms with Crippen LogP contribution >= 0.6 is 23.2 Å². The Balaban J connectivity index is 2.77. The van der Waals surface area contributed by atoms with Crippen LogP contribution in [0.4, 0.5) is 0 Å². The molecule has 1 rings (SSSR count). The first-order valence-electron chi connectivity index (χ1n) is 6.08. The van der Waals surface area contributed by atoms with E-state index < -0.39 is 5.97 Å². The number of hydrogen-bond acceptors (Lipinski definition) is 2. The first kappa shape index (κ1) is 16.5. The molecule has 0 aliphatic rings. The van der Waals surface area contributed by atoms with Gasteiger partial charge in [0.1, 0.15) is 0 Å². The maximum Gasteiger partial charge on any atom is 0.305 e. The molecule has 4 nitrogen and oxygen atoms in total. The summed E-state index contributed by atoms with van der Waals surface area (Å²) in [6, 6.07) is 5.08. The van der Waals surface area contributed by atoms with Crippen LogP contribution in [0.1, 0.15) is 18.9 Å². The van der Waals surface area contributed by atoms with E-state index in [1.807, 2.05) is 0 Å². The highest BCUT2D eigenvalue weighted by atomic mass is 35.5. The fourth-order valence-electron chi connectivity index (χ4n) is 1.58. The van der Waals surface area contributed by atoms with Crippen LogP contribution in [0.2, 0.25) is 10.0 Å². The molecule has 0 saturated carbocycles. The summed E-state index contributed by atoms with van der Waals surface area (Å²) in [5, 5.41) is 9.54. The van der Waals surface area contributed by atoms with Crippen LogP contribution in [0.5, 0.6) is 0 Å². The van der Waals surface area contributed by atoms with Gasteiger partial charge in [0.15, 0.2) is 0 Å². The molecule has 1 aromatic carbocycles. The zero-order valence-electron chi connectivity index (χ0n) is 11.0. The largest absolute Gasteiger partial charge is 0.481 e. The summed E-state index contributed by atoms with van der Waals surface area (Å²) in [5.41, 5.74) is 0.568. The van der Waals surface area contributed by atoms with Crippen LogP contribution < -0.4 is 0 Å². The van der Waals surface area contributed by atoms with Gasteiger partial charge >= 0.3 is 5.97 Å². The Morgan fingerprint density at radius 1 is 1.30 bits per heavy atom. The number of halogens is 2. The predicted molar refractivity (Wildman–Crippen MR) is 80.0 cm³/mol. The molecule has 0 aliphatic carbocycles. The van der Waals surface area contributed by atoms with Crippen molar-refractivity contribution in [3.63, 3.8) is 0 Å². The van der Waals surface area contributed by atoms with Gasteiger partial charge in [-0.25, -0.2) is 0 Å². The van der Waals surface area contributed by atoms with Crippen LogP contribution in [-0.2, 0) is 9.59 Å². The third kappa shape index (κ3) is 4.87. The standard InChI is InChI=1S/C14H15Cl2NO3/c1-2-17(9-8-14(19)20)13(18)7-6-10-11(15)4-3-5-12(10)16/h3-7H,2,8-9H2,1H3,(H,19,20)/b7-6+. The lowest BCUT2D eigenvalue weighted by Gasteiger charge is -2.17. The number of hydrogen-bond donors (Lipinski definition) is 1. The number of aliphatic carboxylic acids is 1. The topological polar surface area (TPSA) is 57.6 Å².